The maximum absolute atomic E-state index is 14.0. The SMILES string of the molecule is CCC(CC(=O)[C@H](C)CC)Nc1ccc2c(c1)C(=O)N(CC1(CN3CCc4ccccc4C3)CCCC1)CCO2. The van der Waals surface area contributed by atoms with Crippen LogP contribution in [0.15, 0.2) is 42.5 Å². The lowest BCUT2D eigenvalue weighted by molar-refractivity contribution is -0.122. The van der Waals surface area contributed by atoms with Crippen LogP contribution in [0.5, 0.6) is 5.75 Å². The largest absolute Gasteiger partial charge is 0.491 e. The third kappa shape index (κ3) is 6.54. The number of carbonyl (C=O) groups excluding carboxylic acids is 2. The molecule has 5 rings (SSSR count). The van der Waals surface area contributed by atoms with Gasteiger partial charge in [-0.05, 0) is 61.4 Å². The van der Waals surface area contributed by atoms with Gasteiger partial charge in [-0.1, -0.05) is 57.9 Å². The number of Topliss-reactive ketones (excluding diaryl/α,β-unsaturated/α-hetero) is 1. The highest BCUT2D eigenvalue weighted by Crippen LogP contribution is 2.41. The molecule has 2 atom stereocenters. The van der Waals surface area contributed by atoms with Gasteiger partial charge < -0.3 is 15.0 Å². The van der Waals surface area contributed by atoms with E-state index in [1.54, 1.807) is 0 Å². The smallest absolute Gasteiger partial charge is 0.257 e. The molecule has 1 saturated carbocycles. The molecule has 2 aromatic rings. The summed E-state index contributed by atoms with van der Waals surface area (Å²) in [6.45, 7) is 11.2. The van der Waals surface area contributed by atoms with Crippen molar-refractivity contribution in [3.63, 3.8) is 0 Å². The van der Waals surface area contributed by atoms with Crippen molar-refractivity contribution in [1.29, 1.82) is 0 Å². The Bertz CT molecular complexity index is 1190. The van der Waals surface area contributed by atoms with E-state index in [-0.39, 0.29) is 23.3 Å². The van der Waals surface area contributed by atoms with Crippen LogP contribution >= 0.6 is 0 Å². The van der Waals surface area contributed by atoms with E-state index in [0.717, 1.165) is 51.1 Å². The van der Waals surface area contributed by atoms with Gasteiger partial charge in [0, 0.05) is 55.7 Å². The minimum absolute atomic E-state index is 0.0499. The zero-order valence-corrected chi connectivity index (χ0v) is 24.7. The van der Waals surface area contributed by atoms with Crippen molar-refractivity contribution in [2.75, 3.05) is 38.1 Å². The highest BCUT2D eigenvalue weighted by molar-refractivity contribution is 5.98. The Morgan fingerprint density at radius 2 is 1.80 bits per heavy atom. The number of amides is 1. The second-order valence-electron chi connectivity index (χ2n) is 12.5. The van der Waals surface area contributed by atoms with Gasteiger partial charge in [0.1, 0.15) is 18.1 Å². The topological polar surface area (TPSA) is 61.9 Å². The van der Waals surface area contributed by atoms with Crippen molar-refractivity contribution < 1.29 is 14.3 Å². The van der Waals surface area contributed by atoms with Crippen LogP contribution in [-0.2, 0) is 17.8 Å². The van der Waals surface area contributed by atoms with Crippen LogP contribution in [0.2, 0.25) is 0 Å². The summed E-state index contributed by atoms with van der Waals surface area (Å²) in [5.74, 6) is 1.10. The Labute approximate surface area is 240 Å². The number of benzene rings is 2. The molecule has 2 heterocycles. The van der Waals surface area contributed by atoms with E-state index in [1.807, 2.05) is 25.1 Å². The van der Waals surface area contributed by atoms with E-state index in [9.17, 15) is 9.59 Å². The van der Waals surface area contributed by atoms with Crippen molar-refractivity contribution in [1.82, 2.24) is 9.80 Å². The van der Waals surface area contributed by atoms with Crippen molar-refractivity contribution >= 4 is 17.4 Å². The first-order valence-electron chi connectivity index (χ1n) is 15.5. The number of ether oxygens (including phenoxy) is 1. The standard InChI is InChI=1S/C34H47N3O3/c1-4-25(3)31(38)21-28(5-2)35-29-12-13-32-30(20-29)33(39)37(18-19-40-32)24-34(15-8-9-16-34)23-36-17-14-26-10-6-7-11-27(26)22-36/h6-7,10-13,20,25,28,35H,4-5,8-9,14-19,21-24H2,1-3H3/t25-,28?/m1/s1. The third-order valence-corrected chi connectivity index (χ3v) is 9.55. The summed E-state index contributed by atoms with van der Waals surface area (Å²) in [4.78, 5) is 31.2. The number of rotatable bonds is 11. The molecule has 1 unspecified atom stereocenters. The molecule has 6 heteroatoms. The molecule has 2 aromatic carbocycles. The van der Waals surface area contributed by atoms with Crippen molar-refractivity contribution in [2.45, 2.75) is 84.7 Å². The predicted octanol–water partition coefficient (Wildman–Crippen LogP) is 6.34. The fraction of sp³-hybridized carbons (Fsp3) is 0.588. The van der Waals surface area contributed by atoms with Gasteiger partial charge in [0.2, 0.25) is 0 Å². The van der Waals surface area contributed by atoms with Gasteiger partial charge in [0.15, 0.2) is 0 Å². The van der Waals surface area contributed by atoms with Gasteiger partial charge in [0.05, 0.1) is 12.1 Å². The molecule has 40 heavy (non-hydrogen) atoms. The van der Waals surface area contributed by atoms with Crippen LogP contribution in [0.4, 0.5) is 5.69 Å². The monoisotopic (exact) mass is 545 g/mol. The summed E-state index contributed by atoms with van der Waals surface area (Å²) in [6, 6.07) is 14.7. The molecule has 216 valence electrons. The number of ketones is 1. The molecular weight excluding hydrogens is 498 g/mol. The van der Waals surface area contributed by atoms with Crippen molar-refractivity contribution in [2.24, 2.45) is 11.3 Å². The quantitative estimate of drug-likeness (QED) is 0.357. The number of nitrogens with one attached hydrogen (secondary N) is 1. The molecule has 0 bridgehead atoms. The van der Waals surface area contributed by atoms with Crippen LogP contribution in [0.25, 0.3) is 0 Å². The van der Waals surface area contributed by atoms with E-state index in [2.05, 4.69) is 53.2 Å². The summed E-state index contributed by atoms with van der Waals surface area (Å²) in [5.41, 5.74) is 4.57. The summed E-state index contributed by atoms with van der Waals surface area (Å²) in [5, 5.41) is 3.53. The first kappa shape index (κ1) is 28.7. The number of nitrogens with zero attached hydrogens (tertiary/aromatic N) is 2. The summed E-state index contributed by atoms with van der Waals surface area (Å²) < 4.78 is 6.08. The normalized spacial score (nSPS) is 20.2. The number of anilines is 1. The van der Waals surface area contributed by atoms with Crippen LogP contribution in [-0.4, -0.2) is 60.3 Å². The molecule has 0 spiro atoms. The average Bonchev–Trinajstić information content (AvgIpc) is 3.37. The molecule has 0 aromatic heterocycles. The Hall–Kier alpha value is -2.86. The van der Waals surface area contributed by atoms with E-state index in [0.29, 0.717) is 36.7 Å². The van der Waals surface area contributed by atoms with Gasteiger partial charge >= 0.3 is 0 Å². The van der Waals surface area contributed by atoms with Crippen molar-refractivity contribution in [3.8, 4) is 5.75 Å². The Morgan fingerprint density at radius 3 is 2.55 bits per heavy atom. The van der Waals surface area contributed by atoms with Gasteiger partial charge in [-0.3, -0.25) is 14.5 Å². The predicted molar refractivity (Wildman–Crippen MR) is 161 cm³/mol. The van der Waals surface area contributed by atoms with E-state index >= 15 is 0 Å². The molecule has 1 N–H and O–H groups in total. The Balaban J connectivity index is 1.29. The minimum Gasteiger partial charge on any atom is -0.491 e. The fourth-order valence-corrected chi connectivity index (χ4v) is 6.87. The molecular formula is C34H47N3O3. The van der Waals surface area contributed by atoms with Crippen LogP contribution in [0, 0.1) is 11.3 Å². The van der Waals surface area contributed by atoms with Crippen LogP contribution in [0.3, 0.4) is 0 Å². The van der Waals surface area contributed by atoms with E-state index in [4.69, 9.17) is 4.74 Å². The zero-order chi connectivity index (χ0) is 28.1. The molecule has 3 aliphatic rings. The summed E-state index contributed by atoms with van der Waals surface area (Å²) in [7, 11) is 0. The van der Waals surface area contributed by atoms with Gasteiger partial charge in [-0.15, -0.1) is 0 Å². The van der Waals surface area contributed by atoms with Gasteiger partial charge in [-0.2, -0.15) is 0 Å². The number of hydrogen-bond acceptors (Lipinski definition) is 5. The molecule has 1 amide bonds. The molecule has 6 nitrogen and oxygen atoms in total. The molecule has 1 aliphatic carbocycles. The second-order valence-corrected chi connectivity index (χ2v) is 12.5. The molecule has 1 fully saturated rings. The second kappa shape index (κ2) is 12.8. The lowest BCUT2D eigenvalue weighted by Gasteiger charge is -2.40. The lowest BCUT2D eigenvalue weighted by atomic mass is 9.83. The van der Waals surface area contributed by atoms with Gasteiger partial charge in [0.25, 0.3) is 5.91 Å². The number of carbonyl (C=O) groups is 2. The molecule has 0 radical (unpaired) electrons. The maximum Gasteiger partial charge on any atom is 0.257 e. The lowest BCUT2D eigenvalue weighted by Crippen LogP contribution is -2.47. The number of hydrogen-bond donors (Lipinski definition) is 1. The van der Waals surface area contributed by atoms with Crippen LogP contribution < -0.4 is 10.1 Å². The van der Waals surface area contributed by atoms with E-state index < -0.39 is 0 Å². The van der Waals surface area contributed by atoms with Crippen LogP contribution in [0.1, 0.15) is 87.2 Å². The number of fused-ring (bicyclic) bond motifs is 2. The maximum atomic E-state index is 14.0. The molecule has 2 aliphatic heterocycles. The Kier molecular flexibility index (Phi) is 9.14. The third-order valence-electron chi connectivity index (χ3n) is 9.55. The Morgan fingerprint density at radius 1 is 1.02 bits per heavy atom. The highest BCUT2D eigenvalue weighted by Gasteiger charge is 2.40. The molecule has 0 saturated heterocycles. The van der Waals surface area contributed by atoms with Crippen molar-refractivity contribution in [3.05, 3.63) is 59.2 Å². The first-order chi connectivity index (χ1) is 19.4. The first-order valence-corrected chi connectivity index (χ1v) is 15.5. The fourth-order valence-electron chi connectivity index (χ4n) is 6.87. The minimum atomic E-state index is 0.0499. The zero-order valence-electron chi connectivity index (χ0n) is 24.7. The van der Waals surface area contributed by atoms with Gasteiger partial charge in [-0.25, -0.2) is 0 Å². The van der Waals surface area contributed by atoms with E-state index in [1.165, 1.54) is 36.8 Å². The average molecular weight is 546 g/mol. The highest BCUT2D eigenvalue weighted by atomic mass is 16.5. The summed E-state index contributed by atoms with van der Waals surface area (Å²) >= 11 is 0. The summed E-state index contributed by atoms with van der Waals surface area (Å²) in [6.07, 6.45) is 8.14.